The number of hydrogen-bond donors (Lipinski definition) is 1. The molecule has 0 bridgehead atoms. The van der Waals surface area contributed by atoms with E-state index in [9.17, 15) is 19.8 Å². The first kappa shape index (κ1) is 18.4. The number of phenols is 1. The Balaban J connectivity index is 1.80. The van der Waals surface area contributed by atoms with Crippen LogP contribution in [0.2, 0.25) is 0 Å². The molecule has 0 saturated heterocycles. The largest absolute Gasteiger partial charge is 0.545 e. The molecule has 6 nitrogen and oxygen atoms in total. The third-order valence-corrected chi connectivity index (χ3v) is 4.90. The smallest absolute Gasteiger partial charge is 0.275 e. The van der Waals surface area contributed by atoms with Crippen molar-refractivity contribution in [2.45, 2.75) is 12.5 Å². The number of phenolic OH excluding ortho intramolecular Hbond substituents is 1. The van der Waals surface area contributed by atoms with Crippen molar-refractivity contribution in [2.24, 2.45) is 5.10 Å². The first-order chi connectivity index (χ1) is 14.1. The number of carbonyl (C=O) groups is 2. The number of hydrogen-bond acceptors (Lipinski definition) is 5. The number of nitrogens with zero attached hydrogens (tertiary/aromatic N) is 2. The Morgan fingerprint density at radius 1 is 0.897 bits per heavy atom. The normalized spacial score (nSPS) is 15.8. The average molecular weight is 385 g/mol. The van der Waals surface area contributed by atoms with Gasteiger partial charge in [-0.2, -0.15) is 5.10 Å². The van der Waals surface area contributed by atoms with Crippen LogP contribution in [-0.4, -0.2) is 27.7 Å². The maximum Gasteiger partial charge on any atom is 0.275 e. The monoisotopic (exact) mass is 385 g/mol. The molecule has 144 valence electrons. The molecule has 1 aliphatic heterocycles. The molecular formula is C23H17N2O4-. The lowest BCUT2D eigenvalue weighted by Gasteiger charge is -2.23. The highest BCUT2D eigenvalue weighted by Gasteiger charge is 2.35. The summed E-state index contributed by atoms with van der Waals surface area (Å²) in [5.74, 6) is -1.95. The minimum atomic E-state index is -1.43. The lowest BCUT2D eigenvalue weighted by Crippen LogP contribution is -2.31. The van der Waals surface area contributed by atoms with Crippen LogP contribution in [0.4, 0.5) is 0 Å². The third-order valence-electron chi connectivity index (χ3n) is 4.90. The van der Waals surface area contributed by atoms with E-state index in [4.69, 9.17) is 0 Å². The van der Waals surface area contributed by atoms with E-state index < -0.39 is 17.9 Å². The molecule has 29 heavy (non-hydrogen) atoms. The number of benzene rings is 3. The summed E-state index contributed by atoms with van der Waals surface area (Å²) in [6.45, 7) is 0. The van der Waals surface area contributed by atoms with Crippen LogP contribution in [0.25, 0.3) is 0 Å². The SMILES string of the molecule is O=C([O-])c1ccccc1C(=O)N1N=C(c2ccccc2)C[C@H]1c1ccccc1O. The van der Waals surface area contributed by atoms with Crippen LogP contribution in [0.1, 0.15) is 44.3 Å². The molecule has 0 unspecified atom stereocenters. The third kappa shape index (κ3) is 3.48. The lowest BCUT2D eigenvalue weighted by atomic mass is 9.97. The summed E-state index contributed by atoms with van der Waals surface area (Å²) in [6, 6.07) is 21.5. The van der Waals surface area contributed by atoms with Crippen molar-refractivity contribution in [3.8, 4) is 5.75 Å². The number of carboxylic acid groups (broad SMARTS) is 1. The molecule has 1 aliphatic rings. The minimum Gasteiger partial charge on any atom is -0.545 e. The van der Waals surface area contributed by atoms with Crippen molar-refractivity contribution in [3.05, 3.63) is 101 Å². The highest BCUT2D eigenvalue weighted by atomic mass is 16.4. The zero-order valence-corrected chi connectivity index (χ0v) is 15.4. The topological polar surface area (TPSA) is 93.0 Å². The van der Waals surface area contributed by atoms with Crippen LogP contribution in [0, 0.1) is 0 Å². The molecular weight excluding hydrogens is 368 g/mol. The van der Waals surface area contributed by atoms with Gasteiger partial charge in [0.1, 0.15) is 5.75 Å². The van der Waals surface area contributed by atoms with Gasteiger partial charge in [-0.1, -0.05) is 66.7 Å². The predicted molar refractivity (Wildman–Crippen MR) is 105 cm³/mol. The molecule has 0 spiro atoms. The molecule has 1 heterocycles. The van der Waals surface area contributed by atoms with Crippen LogP contribution in [-0.2, 0) is 0 Å². The summed E-state index contributed by atoms with van der Waals surface area (Å²) in [7, 11) is 0. The van der Waals surface area contributed by atoms with Crippen LogP contribution in [0.15, 0.2) is 84.0 Å². The van der Waals surface area contributed by atoms with Gasteiger partial charge in [0.25, 0.3) is 5.91 Å². The summed E-state index contributed by atoms with van der Waals surface area (Å²) in [5.41, 5.74) is 1.87. The molecule has 0 fully saturated rings. The van der Waals surface area contributed by atoms with Gasteiger partial charge in [0.2, 0.25) is 0 Å². The molecule has 3 aromatic rings. The maximum absolute atomic E-state index is 13.3. The summed E-state index contributed by atoms with van der Waals surface area (Å²) in [5, 5.41) is 27.6. The number of amides is 1. The Kier molecular flexibility index (Phi) is 4.83. The summed E-state index contributed by atoms with van der Waals surface area (Å²) in [6.07, 6.45) is 0.390. The van der Waals surface area contributed by atoms with Gasteiger partial charge < -0.3 is 15.0 Å². The van der Waals surface area contributed by atoms with Crippen LogP contribution in [0.5, 0.6) is 5.75 Å². The summed E-state index contributed by atoms with van der Waals surface area (Å²) in [4.78, 5) is 24.8. The van der Waals surface area contributed by atoms with Gasteiger partial charge in [0, 0.05) is 17.5 Å². The van der Waals surface area contributed by atoms with Crippen LogP contribution < -0.4 is 5.11 Å². The highest BCUT2D eigenvalue weighted by molar-refractivity contribution is 6.08. The van der Waals surface area contributed by atoms with Gasteiger partial charge in [0.05, 0.1) is 23.3 Å². The van der Waals surface area contributed by atoms with E-state index in [1.807, 2.05) is 30.3 Å². The van der Waals surface area contributed by atoms with E-state index in [1.54, 1.807) is 30.3 Å². The molecule has 0 radical (unpaired) electrons. The van der Waals surface area contributed by atoms with Crippen molar-refractivity contribution >= 4 is 17.6 Å². The number of rotatable bonds is 4. The van der Waals surface area contributed by atoms with Gasteiger partial charge >= 0.3 is 0 Å². The summed E-state index contributed by atoms with van der Waals surface area (Å²) < 4.78 is 0. The molecule has 0 aliphatic carbocycles. The molecule has 3 aromatic carbocycles. The van der Waals surface area contributed by atoms with E-state index in [2.05, 4.69) is 5.10 Å². The van der Waals surface area contributed by atoms with Crippen molar-refractivity contribution in [3.63, 3.8) is 0 Å². The first-order valence-electron chi connectivity index (χ1n) is 9.11. The zero-order chi connectivity index (χ0) is 20.4. The Labute approximate surface area is 167 Å². The van der Waals surface area contributed by atoms with E-state index in [-0.39, 0.29) is 16.9 Å². The summed E-state index contributed by atoms with van der Waals surface area (Å²) >= 11 is 0. The second-order valence-electron chi connectivity index (χ2n) is 6.67. The Bertz CT molecular complexity index is 1110. The van der Waals surface area contributed by atoms with Gasteiger partial charge in [-0.3, -0.25) is 4.79 Å². The number of aromatic hydroxyl groups is 1. The Morgan fingerprint density at radius 3 is 2.21 bits per heavy atom. The predicted octanol–water partition coefficient (Wildman–Crippen LogP) is 2.75. The van der Waals surface area contributed by atoms with E-state index in [0.717, 1.165) is 5.56 Å². The molecule has 4 rings (SSSR count). The Hall–Kier alpha value is -3.93. The maximum atomic E-state index is 13.3. The van der Waals surface area contributed by atoms with E-state index in [0.29, 0.717) is 17.7 Å². The van der Waals surface area contributed by atoms with Gasteiger partial charge in [-0.05, 0) is 17.7 Å². The van der Waals surface area contributed by atoms with Crippen LogP contribution >= 0.6 is 0 Å². The highest BCUT2D eigenvalue weighted by Crippen LogP contribution is 2.38. The molecule has 0 aromatic heterocycles. The number of hydrazone groups is 1. The fraction of sp³-hybridized carbons (Fsp3) is 0.0870. The first-order valence-corrected chi connectivity index (χ1v) is 9.11. The van der Waals surface area contributed by atoms with Crippen molar-refractivity contribution < 1.29 is 19.8 Å². The average Bonchev–Trinajstić information content (AvgIpc) is 3.19. The fourth-order valence-corrected chi connectivity index (χ4v) is 3.49. The number of carbonyl (C=O) groups excluding carboxylic acids is 2. The molecule has 1 amide bonds. The fourth-order valence-electron chi connectivity index (χ4n) is 3.49. The van der Waals surface area contributed by atoms with E-state index >= 15 is 0 Å². The second-order valence-corrected chi connectivity index (χ2v) is 6.67. The van der Waals surface area contributed by atoms with Gasteiger partial charge in [-0.15, -0.1) is 0 Å². The number of para-hydroxylation sites is 1. The van der Waals surface area contributed by atoms with E-state index in [1.165, 1.54) is 23.2 Å². The second kappa shape index (κ2) is 7.59. The Morgan fingerprint density at radius 2 is 1.52 bits per heavy atom. The lowest BCUT2D eigenvalue weighted by molar-refractivity contribution is -0.255. The van der Waals surface area contributed by atoms with Crippen LogP contribution in [0.3, 0.4) is 0 Å². The van der Waals surface area contributed by atoms with Gasteiger partial charge in [0.15, 0.2) is 0 Å². The number of aromatic carboxylic acids is 1. The molecule has 6 heteroatoms. The number of carboxylic acids is 1. The molecule has 1 atom stereocenters. The quantitative estimate of drug-likeness (QED) is 0.747. The van der Waals surface area contributed by atoms with Gasteiger partial charge in [-0.25, -0.2) is 5.01 Å². The zero-order valence-electron chi connectivity index (χ0n) is 15.4. The molecule has 0 saturated carbocycles. The minimum absolute atomic E-state index is 0.00835. The van der Waals surface area contributed by atoms with Crippen molar-refractivity contribution in [1.82, 2.24) is 5.01 Å². The van der Waals surface area contributed by atoms with Crippen molar-refractivity contribution in [1.29, 1.82) is 0 Å². The molecule has 1 N–H and O–H groups in total. The van der Waals surface area contributed by atoms with Crippen molar-refractivity contribution in [2.75, 3.05) is 0 Å². The standard InChI is InChI=1S/C23H18N2O4/c26-21-13-7-6-12-18(21)20-14-19(15-8-2-1-3-9-15)24-25(20)22(27)16-10-4-5-11-17(16)23(28)29/h1-13,20,26H,14H2,(H,28,29)/p-1/t20-/m0/s1.